The lowest BCUT2D eigenvalue weighted by molar-refractivity contribution is -0.150. The van der Waals surface area contributed by atoms with E-state index in [1.54, 1.807) is 40.8 Å². The second-order valence-corrected chi connectivity index (χ2v) is 7.85. The number of urea groups is 1. The zero-order valence-corrected chi connectivity index (χ0v) is 14.4. The number of rotatable bonds is 5. The molecule has 0 fully saturated rings. The maximum Gasteiger partial charge on any atom is 0.317 e. The standard InChI is InChI=1S/C14H21ClN2O3S/c1-13(2,11(18)19)14(3,4)16-12(20)17(5)8-9-6-7-10(15)21-9/h6-7H,8H2,1-5H3,(H,16,20)(H,18,19). The lowest BCUT2D eigenvalue weighted by atomic mass is 9.74. The first-order valence-corrected chi connectivity index (χ1v) is 7.67. The van der Waals surface area contributed by atoms with Gasteiger partial charge in [-0.15, -0.1) is 11.3 Å². The van der Waals surface area contributed by atoms with Crippen LogP contribution in [0.5, 0.6) is 0 Å². The maximum absolute atomic E-state index is 12.2. The van der Waals surface area contributed by atoms with Crippen molar-refractivity contribution in [3.05, 3.63) is 21.3 Å². The Labute approximate surface area is 133 Å². The minimum Gasteiger partial charge on any atom is -0.481 e. The van der Waals surface area contributed by atoms with E-state index in [1.807, 2.05) is 6.07 Å². The number of carbonyl (C=O) groups is 2. The molecule has 0 spiro atoms. The van der Waals surface area contributed by atoms with Gasteiger partial charge in [0.2, 0.25) is 0 Å². The first-order chi connectivity index (χ1) is 9.47. The van der Waals surface area contributed by atoms with Gasteiger partial charge in [-0.1, -0.05) is 11.6 Å². The number of halogens is 1. The summed E-state index contributed by atoms with van der Waals surface area (Å²) in [6.45, 7) is 7.01. The number of amides is 2. The molecule has 21 heavy (non-hydrogen) atoms. The van der Waals surface area contributed by atoms with Crippen LogP contribution in [0.25, 0.3) is 0 Å². The molecule has 0 aliphatic rings. The summed E-state index contributed by atoms with van der Waals surface area (Å²) < 4.78 is 0.672. The highest BCUT2D eigenvalue weighted by Gasteiger charge is 2.44. The van der Waals surface area contributed by atoms with Crippen molar-refractivity contribution in [2.75, 3.05) is 7.05 Å². The fourth-order valence-electron chi connectivity index (χ4n) is 1.53. The number of nitrogens with one attached hydrogen (secondary N) is 1. The van der Waals surface area contributed by atoms with E-state index in [0.717, 1.165) is 4.88 Å². The molecule has 0 saturated carbocycles. The van der Waals surface area contributed by atoms with Gasteiger partial charge in [-0.05, 0) is 39.8 Å². The SMILES string of the molecule is CN(Cc1ccc(Cl)s1)C(=O)NC(C)(C)C(C)(C)C(=O)O. The Bertz CT molecular complexity index is 540. The van der Waals surface area contributed by atoms with Crippen LogP contribution in [0.3, 0.4) is 0 Å². The van der Waals surface area contributed by atoms with Crippen molar-refractivity contribution in [2.24, 2.45) is 5.41 Å². The van der Waals surface area contributed by atoms with E-state index < -0.39 is 16.9 Å². The number of hydrogen-bond donors (Lipinski definition) is 2. The number of nitrogens with zero attached hydrogens (tertiary/aromatic N) is 1. The summed E-state index contributed by atoms with van der Waals surface area (Å²) in [6.07, 6.45) is 0. The summed E-state index contributed by atoms with van der Waals surface area (Å²) in [7, 11) is 1.66. The van der Waals surface area contributed by atoms with Crippen molar-refractivity contribution in [2.45, 2.75) is 39.8 Å². The minimum atomic E-state index is -1.09. The van der Waals surface area contributed by atoms with Gasteiger partial charge in [0.1, 0.15) is 0 Å². The van der Waals surface area contributed by atoms with Crippen LogP contribution in [0.15, 0.2) is 12.1 Å². The normalized spacial score (nSPS) is 12.1. The molecule has 0 unspecified atom stereocenters. The first-order valence-electron chi connectivity index (χ1n) is 6.48. The lowest BCUT2D eigenvalue weighted by Crippen LogP contribution is -2.59. The molecule has 1 rings (SSSR count). The predicted octanol–water partition coefficient (Wildman–Crippen LogP) is 3.43. The number of thiophene rings is 1. The van der Waals surface area contributed by atoms with Crippen molar-refractivity contribution in [3.8, 4) is 0 Å². The average molecular weight is 333 g/mol. The van der Waals surface area contributed by atoms with Gasteiger partial charge in [0, 0.05) is 11.9 Å². The second kappa shape index (κ2) is 6.23. The molecule has 0 aromatic carbocycles. The molecule has 2 N–H and O–H groups in total. The molecule has 0 atom stereocenters. The van der Waals surface area contributed by atoms with E-state index in [0.29, 0.717) is 10.9 Å². The lowest BCUT2D eigenvalue weighted by Gasteiger charge is -2.39. The highest BCUT2D eigenvalue weighted by atomic mass is 35.5. The monoisotopic (exact) mass is 332 g/mol. The van der Waals surface area contributed by atoms with Crippen LogP contribution >= 0.6 is 22.9 Å². The zero-order chi connectivity index (χ0) is 16.4. The minimum absolute atomic E-state index is 0.321. The van der Waals surface area contributed by atoms with E-state index in [9.17, 15) is 14.7 Å². The van der Waals surface area contributed by atoms with Crippen LogP contribution in [0.1, 0.15) is 32.6 Å². The van der Waals surface area contributed by atoms with Gasteiger partial charge in [-0.25, -0.2) is 4.79 Å². The highest BCUT2D eigenvalue weighted by Crippen LogP contribution is 2.31. The summed E-state index contributed by atoms with van der Waals surface area (Å²) in [5, 5.41) is 12.1. The molecular weight excluding hydrogens is 312 g/mol. The molecule has 0 bridgehead atoms. The van der Waals surface area contributed by atoms with Crippen LogP contribution in [-0.2, 0) is 11.3 Å². The Hall–Kier alpha value is -1.27. The van der Waals surface area contributed by atoms with E-state index in [4.69, 9.17) is 11.6 Å². The van der Waals surface area contributed by atoms with E-state index in [1.165, 1.54) is 16.2 Å². The summed E-state index contributed by atoms with van der Waals surface area (Å²) in [5.74, 6) is -0.958. The fraction of sp³-hybridized carbons (Fsp3) is 0.571. The zero-order valence-electron chi connectivity index (χ0n) is 12.9. The molecule has 0 aliphatic heterocycles. The molecule has 1 heterocycles. The Morgan fingerprint density at radius 3 is 2.33 bits per heavy atom. The molecular formula is C14H21ClN2O3S. The summed E-state index contributed by atoms with van der Waals surface area (Å²) in [4.78, 5) is 26.0. The van der Waals surface area contributed by atoms with Gasteiger partial charge in [0.05, 0.1) is 21.8 Å². The van der Waals surface area contributed by atoms with Crippen molar-refractivity contribution in [3.63, 3.8) is 0 Å². The summed E-state index contributed by atoms with van der Waals surface area (Å²) in [5.41, 5.74) is -1.98. The van der Waals surface area contributed by atoms with Crippen LogP contribution in [0, 0.1) is 5.41 Å². The van der Waals surface area contributed by atoms with Gasteiger partial charge in [0.15, 0.2) is 0 Å². The van der Waals surface area contributed by atoms with Gasteiger partial charge in [0.25, 0.3) is 0 Å². The van der Waals surface area contributed by atoms with Gasteiger partial charge >= 0.3 is 12.0 Å². The molecule has 7 heteroatoms. The quantitative estimate of drug-likeness (QED) is 0.867. The third-order valence-corrected chi connectivity index (χ3v) is 5.10. The summed E-state index contributed by atoms with van der Waals surface area (Å²) in [6, 6.07) is 3.33. The van der Waals surface area contributed by atoms with Crippen molar-refractivity contribution >= 4 is 34.9 Å². The number of hydrogen-bond acceptors (Lipinski definition) is 3. The number of carboxylic acid groups (broad SMARTS) is 1. The Balaban J connectivity index is 2.73. The number of carbonyl (C=O) groups excluding carboxylic acids is 1. The fourth-order valence-corrected chi connectivity index (χ4v) is 2.67. The summed E-state index contributed by atoms with van der Waals surface area (Å²) >= 11 is 7.27. The molecule has 0 radical (unpaired) electrons. The predicted molar refractivity (Wildman–Crippen MR) is 84.8 cm³/mol. The number of aliphatic carboxylic acids is 1. The molecule has 2 amide bonds. The van der Waals surface area contributed by atoms with Crippen LogP contribution in [0.2, 0.25) is 4.34 Å². The topological polar surface area (TPSA) is 69.6 Å². The maximum atomic E-state index is 12.2. The molecule has 5 nitrogen and oxygen atoms in total. The average Bonchev–Trinajstić information content (AvgIpc) is 2.73. The first kappa shape index (κ1) is 17.8. The van der Waals surface area contributed by atoms with E-state index in [-0.39, 0.29) is 6.03 Å². The van der Waals surface area contributed by atoms with Gasteiger partial charge in [-0.2, -0.15) is 0 Å². The smallest absolute Gasteiger partial charge is 0.317 e. The van der Waals surface area contributed by atoms with Crippen molar-refractivity contribution in [1.82, 2.24) is 10.2 Å². The molecule has 118 valence electrons. The van der Waals surface area contributed by atoms with Crippen LogP contribution in [-0.4, -0.2) is 34.6 Å². The largest absolute Gasteiger partial charge is 0.481 e. The third kappa shape index (κ3) is 4.11. The molecule has 1 aromatic heterocycles. The third-order valence-electron chi connectivity index (χ3n) is 3.89. The van der Waals surface area contributed by atoms with E-state index >= 15 is 0 Å². The Kier molecular flexibility index (Phi) is 5.28. The van der Waals surface area contributed by atoms with Crippen molar-refractivity contribution in [1.29, 1.82) is 0 Å². The van der Waals surface area contributed by atoms with E-state index in [2.05, 4.69) is 5.32 Å². The molecule has 0 saturated heterocycles. The van der Waals surface area contributed by atoms with Crippen LogP contribution in [0.4, 0.5) is 4.79 Å². The van der Waals surface area contributed by atoms with Crippen molar-refractivity contribution < 1.29 is 14.7 Å². The van der Waals surface area contributed by atoms with Gasteiger partial charge in [-0.3, -0.25) is 4.79 Å². The molecule has 0 aliphatic carbocycles. The second-order valence-electron chi connectivity index (χ2n) is 6.05. The Morgan fingerprint density at radius 1 is 1.33 bits per heavy atom. The van der Waals surface area contributed by atoms with Crippen LogP contribution < -0.4 is 5.32 Å². The Morgan fingerprint density at radius 2 is 1.90 bits per heavy atom. The van der Waals surface area contributed by atoms with Gasteiger partial charge < -0.3 is 15.3 Å². The number of carboxylic acids is 1. The highest BCUT2D eigenvalue weighted by molar-refractivity contribution is 7.16. The molecule has 1 aromatic rings.